The maximum absolute atomic E-state index is 8.49. The summed E-state index contributed by atoms with van der Waals surface area (Å²) in [6, 6.07) is 8.45. The molecule has 0 atom stereocenters. The Hall–Kier alpha value is -1.82. The van der Waals surface area contributed by atoms with E-state index in [2.05, 4.69) is 35.1 Å². The molecule has 0 aliphatic rings. The molecular weight excluding hydrogens is 198 g/mol. The summed E-state index contributed by atoms with van der Waals surface area (Å²) in [7, 11) is 0. The number of nitrogens with one attached hydrogen (secondary N) is 1. The van der Waals surface area contributed by atoms with Gasteiger partial charge in [-0.15, -0.1) is 0 Å². The third kappa shape index (κ3) is 2.22. The van der Waals surface area contributed by atoms with Crippen molar-refractivity contribution < 1.29 is 0 Å². The van der Waals surface area contributed by atoms with Crippen molar-refractivity contribution in [2.75, 3.05) is 0 Å². The van der Waals surface area contributed by atoms with Crippen LogP contribution in [0.1, 0.15) is 31.2 Å². The molecule has 0 fully saturated rings. The molecule has 0 aliphatic heterocycles. The fourth-order valence-electron chi connectivity index (χ4n) is 1.80. The molecule has 0 amide bonds. The van der Waals surface area contributed by atoms with E-state index in [9.17, 15) is 0 Å². The van der Waals surface area contributed by atoms with Crippen molar-refractivity contribution >= 4 is 11.0 Å². The predicted octanol–water partition coefficient (Wildman–Crippen LogP) is 2.97. The van der Waals surface area contributed by atoms with Gasteiger partial charge in [-0.3, -0.25) is 0 Å². The van der Waals surface area contributed by atoms with Gasteiger partial charge in [-0.05, 0) is 30.5 Å². The zero-order valence-corrected chi connectivity index (χ0v) is 9.45. The molecule has 3 nitrogen and oxygen atoms in total. The zero-order chi connectivity index (χ0) is 11.4. The number of hydrogen-bond donors (Lipinski definition) is 1. The van der Waals surface area contributed by atoms with E-state index < -0.39 is 0 Å². The largest absolute Gasteiger partial charge is 0.342 e. The molecule has 0 unspecified atom stereocenters. The molecule has 2 aromatic rings. The van der Waals surface area contributed by atoms with Crippen LogP contribution in [0.4, 0.5) is 0 Å². The highest BCUT2D eigenvalue weighted by molar-refractivity contribution is 5.75. The summed E-state index contributed by atoms with van der Waals surface area (Å²) in [5.74, 6) is 1.03. The van der Waals surface area contributed by atoms with E-state index in [0.29, 0.717) is 6.42 Å². The number of nitriles is 1. The number of aromatic nitrogens is 2. The maximum Gasteiger partial charge on any atom is 0.106 e. The second kappa shape index (κ2) is 4.80. The van der Waals surface area contributed by atoms with Gasteiger partial charge in [-0.1, -0.05) is 13.0 Å². The number of imidazole rings is 1. The van der Waals surface area contributed by atoms with Crippen LogP contribution in [0.15, 0.2) is 18.2 Å². The van der Waals surface area contributed by atoms with Gasteiger partial charge in [0.2, 0.25) is 0 Å². The lowest BCUT2D eigenvalue weighted by Gasteiger charge is -1.98. The van der Waals surface area contributed by atoms with Crippen molar-refractivity contribution in [3.8, 4) is 6.07 Å². The number of unbranched alkanes of at least 4 members (excludes halogenated alkanes) is 1. The Bertz CT molecular complexity index is 519. The highest BCUT2D eigenvalue weighted by Crippen LogP contribution is 2.15. The highest BCUT2D eigenvalue weighted by atomic mass is 14.9. The van der Waals surface area contributed by atoms with Crippen molar-refractivity contribution in [3.05, 3.63) is 29.6 Å². The van der Waals surface area contributed by atoms with Gasteiger partial charge in [0.25, 0.3) is 0 Å². The van der Waals surface area contributed by atoms with E-state index in [-0.39, 0.29) is 0 Å². The average molecular weight is 213 g/mol. The van der Waals surface area contributed by atoms with E-state index in [1.54, 1.807) is 0 Å². The molecular formula is C13H15N3. The van der Waals surface area contributed by atoms with Crippen molar-refractivity contribution in [1.29, 1.82) is 5.26 Å². The number of benzene rings is 1. The zero-order valence-electron chi connectivity index (χ0n) is 9.45. The second-order valence-electron chi connectivity index (χ2n) is 3.90. The van der Waals surface area contributed by atoms with Crippen LogP contribution < -0.4 is 0 Å². The molecule has 0 radical (unpaired) electrons. The molecule has 0 saturated heterocycles. The molecule has 1 aromatic carbocycles. The van der Waals surface area contributed by atoms with Gasteiger partial charge in [-0.25, -0.2) is 4.98 Å². The van der Waals surface area contributed by atoms with Crippen LogP contribution in [0, 0.1) is 11.3 Å². The van der Waals surface area contributed by atoms with Gasteiger partial charge in [-0.2, -0.15) is 5.26 Å². The Morgan fingerprint density at radius 2 is 2.31 bits per heavy atom. The summed E-state index contributed by atoms with van der Waals surface area (Å²) in [4.78, 5) is 7.76. The molecule has 1 N–H and O–H groups in total. The third-order valence-electron chi connectivity index (χ3n) is 2.68. The molecule has 0 saturated carbocycles. The quantitative estimate of drug-likeness (QED) is 0.794. The number of fused-ring (bicyclic) bond motifs is 1. The number of aryl methyl sites for hydroxylation is 2. The molecule has 0 bridgehead atoms. The van der Waals surface area contributed by atoms with Gasteiger partial charge in [0.1, 0.15) is 5.82 Å². The van der Waals surface area contributed by atoms with Gasteiger partial charge in [0.15, 0.2) is 0 Å². The Labute approximate surface area is 95.1 Å². The first-order valence-electron chi connectivity index (χ1n) is 5.68. The summed E-state index contributed by atoms with van der Waals surface area (Å²) in [6.07, 6.45) is 3.44. The van der Waals surface area contributed by atoms with Crippen LogP contribution >= 0.6 is 0 Å². The molecule has 16 heavy (non-hydrogen) atoms. The molecule has 82 valence electrons. The van der Waals surface area contributed by atoms with E-state index in [4.69, 9.17) is 5.26 Å². The monoisotopic (exact) mass is 213 g/mol. The van der Waals surface area contributed by atoms with E-state index in [0.717, 1.165) is 36.1 Å². The fraction of sp³-hybridized carbons (Fsp3) is 0.385. The van der Waals surface area contributed by atoms with E-state index in [1.807, 2.05) is 6.07 Å². The predicted molar refractivity (Wildman–Crippen MR) is 64.0 cm³/mol. The third-order valence-corrected chi connectivity index (χ3v) is 2.68. The fourth-order valence-corrected chi connectivity index (χ4v) is 1.80. The van der Waals surface area contributed by atoms with Gasteiger partial charge in [0, 0.05) is 12.8 Å². The molecule has 1 aromatic heterocycles. The summed E-state index contributed by atoms with van der Waals surface area (Å²) in [5.41, 5.74) is 3.40. The van der Waals surface area contributed by atoms with Crippen LogP contribution in [-0.4, -0.2) is 9.97 Å². The van der Waals surface area contributed by atoms with Crippen LogP contribution in [0.2, 0.25) is 0 Å². The number of nitrogens with zero attached hydrogens (tertiary/aromatic N) is 2. The lowest BCUT2D eigenvalue weighted by molar-refractivity contribution is 0.851. The van der Waals surface area contributed by atoms with Crippen LogP contribution in [0.25, 0.3) is 11.0 Å². The van der Waals surface area contributed by atoms with Crippen molar-refractivity contribution in [3.63, 3.8) is 0 Å². The highest BCUT2D eigenvalue weighted by Gasteiger charge is 2.02. The topological polar surface area (TPSA) is 52.5 Å². The van der Waals surface area contributed by atoms with Gasteiger partial charge >= 0.3 is 0 Å². The Morgan fingerprint density at radius 1 is 1.44 bits per heavy atom. The van der Waals surface area contributed by atoms with Crippen LogP contribution in [0.5, 0.6) is 0 Å². The summed E-state index contributed by atoms with van der Waals surface area (Å²) >= 11 is 0. The number of aromatic amines is 1. The van der Waals surface area contributed by atoms with Crippen LogP contribution in [-0.2, 0) is 12.8 Å². The normalized spacial score (nSPS) is 10.5. The number of hydrogen-bond acceptors (Lipinski definition) is 2. The Balaban J connectivity index is 2.19. The second-order valence-corrected chi connectivity index (χ2v) is 3.90. The van der Waals surface area contributed by atoms with Crippen molar-refractivity contribution in [1.82, 2.24) is 9.97 Å². The summed E-state index contributed by atoms with van der Waals surface area (Å²) in [5, 5.41) is 8.49. The SMILES string of the molecule is CCc1nc2ccc(CCCC#N)cc2[nH]1. The molecule has 0 spiro atoms. The first-order chi connectivity index (χ1) is 7.83. The van der Waals surface area contributed by atoms with Gasteiger partial charge < -0.3 is 4.98 Å². The first kappa shape index (κ1) is 10.7. The Morgan fingerprint density at radius 3 is 3.06 bits per heavy atom. The molecule has 0 aliphatic carbocycles. The lowest BCUT2D eigenvalue weighted by atomic mass is 10.1. The van der Waals surface area contributed by atoms with Crippen LogP contribution in [0.3, 0.4) is 0 Å². The Kier molecular flexibility index (Phi) is 3.21. The maximum atomic E-state index is 8.49. The number of H-pyrrole nitrogens is 1. The first-order valence-corrected chi connectivity index (χ1v) is 5.68. The molecule has 3 heteroatoms. The van der Waals surface area contributed by atoms with Crippen molar-refractivity contribution in [2.45, 2.75) is 32.6 Å². The standard InChI is InChI=1S/C13H15N3/c1-2-13-15-11-7-6-10(5-3-4-8-14)9-12(11)16-13/h6-7,9H,2-5H2,1H3,(H,15,16). The lowest BCUT2D eigenvalue weighted by Crippen LogP contribution is -1.84. The summed E-state index contributed by atoms with van der Waals surface area (Å²) in [6.45, 7) is 2.09. The molecule has 1 heterocycles. The summed E-state index contributed by atoms with van der Waals surface area (Å²) < 4.78 is 0. The smallest absolute Gasteiger partial charge is 0.106 e. The minimum Gasteiger partial charge on any atom is -0.342 e. The molecule has 2 rings (SSSR count). The van der Waals surface area contributed by atoms with E-state index >= 15 is 0 Å². The number of rotatable bonds is 4. The minimum atomic E-state index is 0.626. The van der Waals surface area contributed by atoms with E-state index in [1.165, 1.54) is 5.56 Å². The average Bonchev–Trinajstić information content (AvgIpc) is 2.71. The van der Waals surface area contributed by atoms with Gasteiger partial charge in [0.05, 0.1) is 17.1 Å². The van der Waals surface area contributed by atoms with Crippen molar-refractivity contribution in [2.24, 2.45) is 0 Å². The minimum absolute atomic E-state index is 0.626.